The van der Waals surface area contributed by atoms with Gasteiger partial charge in [0, 0.05) is 23.5 Å². The molecule has 0 amide bonds. The summed E-state index contributed by atoms with van der Waals surface area (Å²) in [5.74, 6) is 1.03. The van der Waals surface area contributed by atoms with Gasteiger partial charge in [0.2, 0.25) is 0 Å². The molecule has 0 heterocycles. The Bertz CT molecular complexity index is 708. The average molecular weight is 311 g/mol. The molecule has 0 aliphatic carbocycles. The van der Waals surface area contributed by atoms with Crippen molar-refractivity contribution in [3.63, 3.8) is 0 Å². The number of hydrogen-bond donors (Lipinski definition) is 1. The van der Waals surface area contributed by atoms with Gasteiger partial charge in [0.05, 0.1) is 14.2 Å². The highest BCUT2D eigenvalue weighted by Crippen LogP contribution is 2.27. The fourth-order valence-electron chi connectivity index (χ4n) is 2.18. The van der Waals surface area contributed by atoms with Crippen LogP contribution in [0.25, 0.3) is 0 Å². The first kappa shape index (κ1) is 16.6. The number of nitrogens with one attached hydrogen (secondary N) is 1. The Morgan fingerprint density at radius 1 is 1.09 bits per heavy atom. The SMILES string of the molecule is CCc1cccc(N/C=C/C(=O)c2ccc(OC)c(OC)c2)c1. The third-order valence-electron chi connectivity index (χ3n) is 3.49. The number of aryl methyl sites for hydroxylation is 1. The second kappa shape index (κ2) is 8.03. The summed E-state index contributed by atoms with van der Waals surface area (Å²) in [6.45, 7) is 2.11. The second-order valence-corrected chi connectivity index (χ2v) is 4.97. The molecule has 0 saturated heterocycles. The van der Waals surface area contributed by atoms with Crippen LogP contribution in [0, 0.1) is 0 Å². The van der Waals surface area contributed by atoms with Crippen molar-refractivity contribution >= 4 is 11.5 Å². The van der Waals surface area contributed by atoms with Crippen LogP contribution in [-0.4, -0.2) is 20.0 Å². The third-order valence-corrected chi connectivity index (χ3v) is 3.49. The lowest BCUT2D eigenvalue weighted by atomic mass is 10.1. The molecule has 4 heteroatoms. The Hall–Kier alpha value is -2.75. The van der Waals surface area contributed by atoms with E-state index in [1.54, 1.807) is 38.6 Å². The van der Waals surface area contributed by atoms with Crippen LogP contribution in [0.15, 0.2) is 54.7 Å². The van der Waals surface area contributed by atoms with Gasteiger partial charge < -0.3 is 14.8 Å². The number of anilines is 1. The standard InChI is InChI=1S/C19H21NO3/c1-4-14-6-5-7-16(12-14)20-11-10-17(21)15-8-9-18(22-2)19(13-15)23-3/h5-13,20H,4H2,1-3H3/b11-10+. The van der Waals surface area contributed by atoms with Gasteiger partial charge in [-0.2, -0.15) is 0 Å². The largest absolute Gasteiger partial charge is 0.493 e. The predicted octanol–water partition coefficient (Wildman–Crippen LogP) is 4.07. The van der Waals surface area contributed by atoms with Crippen LogP contribution < -0.4 is 14.8 Å². The van der Waals surface area contributed by atoms with Crippen molar-refractivity contribution in [2.75, 3.05) is 19.5 Å². The number of carbonyl (C=O) groups is 1. The number of allylic oxidation sites excluding steroid dienone is 1. The molecular formula is C19H21NO3. The van der Waals surface area contributed by atoms with Gasteiger partial charge in [-0.25, -0.2) is 0 Å². The van der Waals surface area contributed by atoms with Gasteiger partial charge in [-0.3, -0.25) is 4.79 Å². The Morgan fingerprint density at radius 3 is 2.57 bits per heavy atom. The lowest BCUT2D eigenvalue weighted by Crippen LogP contribution is -1.98. The zero-order valence-electron chi connectivity index (χ0n) is 13.6. The average Bonchev–Trinajstić information content (AvgIpc) is 2.61. The molecule has 23 heavy (non-hydrogen) atoms. The van der Waals surface area contributed by atoms with Crippen LogP contribution >= 0.6 is 0 Å². The molecule has 0 aliphatic heterocycles. The van der Waals surface area contributed by atoms with Gasteiger partial charge in [-0.1, -0.05) is 19.1 Å². The van der Waals surface area contributed by atoms with E-state index in [4.69, 9.17) is 9.47 Å². The van der Waals surface area contributed by atoms with Gasteiger partial charge in [0.25, 0.3) is 0 Å². The maximum atomic E-state index is 12.2. The number of hydrogen-bond acceptors (Lipinski definition) is 4. The molecule has 0 saturated carbocycles. The first-order chi connectivity index (χ1) is 11.2. The van der Waals surface area contributed by atoms with Crippen molar-refractivity contribution in [3.8, 4) is 11.5 Å². The van der Waals surface area contributed by atoms with Gasteiger partial charge in [0.1, 0.15) is 0 Å². The Kier molecular flexibility index (Phi) is 5.80. The van der Waals surface area contributed by atoms with Crippen LogP contribution in [0.5, 0.6) is 11.5 Å². The highest BCUT2D eigenvalue weighted by atomic mass is 16.5. The molecule has 0 aromatic heterocycles. The fourth-order valence-corrected chi connectivity index (χ4v) is 2.18. The third kappa shape index (κ3) is 4.36. The number of benzene rings is 2. The minimum Gasteiger partial charge on any atom is -0.493 e. The molecule has 2 aromatic carbocycles. The summed E-state index contributed by atoms with van der Waals surface area (Å²) in [4.78, 5) is 12.2. The van der Waals surface area contributed by atoms with Gasteiger partial charge in [0.15, 0.2) is 17.3 Å². The summed E-state index contributed by atoms with van der Waals surface area (Å²) >= 11 is 0. The van der Waals surface area contributed by atoms with Crippen molar-refractivity contribution in [2.24, 2.45) is 0 Å². The van der Waals surface area contributed by atoms with E-state index in [1.807, 2.05) is 12.1 Å². The maximum absolute atomic E-state index is 12.2. The first-order valence-electron chi connectivity index (χ1n) is 7.46. The van der Waals surface area contributed by atoms with E-state index < -0.39 is 0 Å². The summed E-state index contributed by atoms with van der Waals surface area (Å²) in [5.41, 5.74) is 2.75. The molecule has 0 bridgehead atoms. The molecule has 2 aromatic rings. The minimum atomic E-state index is -0.106. The first-order valence-corrected chi connectivity index (χ1v) is 7.46. The fraction of sp³-hybridized carbons (Fsp3) is 0.211. The van der Waals surface area contributed by atoms with Crippen LogP contribution in [0.1, 0.15) is 22.8 Å². The van der Waals surface area contributed by atoms with E-state index in [-0.39, 0.29) is 5.78 Å². The number of rotatable bonds is 7. The van der Waals surface area contributed by atoms with Crippen molar-refractivity contribution in [2.45, 2.75) is 13.3 Å². The van der Waals surface area contributed by atoms with Gasteiger partial charge in [-0.15, -0.1) is 0 Å². The molecule has 0 aliphatic rings. The van der Waals surface area contributed by atoms with E-state index in [9.17, 15) is 4.79 Å². The zero-order chi connectivity index (χ0) is 16.7. The van der Waals surface area contributed by atoms with Gasteiger partial charge >= 0.3 is 0 Å². The van der Waals surface area contributed by atoms with Crippen LogP contribution in [0.4, 0.5) is 5.69 Å². The topological polar surface area (TPSA) is 47.6 Å². The van der Waals surface area contributed by atoms with Crippen molar-refractivity contribution in [1.29, 1.82) is 0 Å². The van der Waals surface area contributed by atoms with Gasteiger partial charge in [-0.05, 0) is 42.3 Å². The Morgan fingerprint density at radius 2 is 1.87 bits per heavy atom. The minimum absolute atomic E-state index is 0.106. The maximum Gasteiger partial charge on any atom is 0.187 e. The summed E-state index contributed by atoms with van der Waals surface area (Å²) < 4.78 is 10.4. The highest BCUT2D eigenvalue weighted by molar-refractivity contribution is 6.05. The quantitative estimate of drug-likeness (QED) is 0.618. The molecule has 120 valence electrons. The normalized spacial score (nSPS) is 10.6. The van der Waals surface area contributed by atoms with E-state index in [0.717, 1.165) is 12.1 Å². The van der Waals surface area contributed by atoms with E-state index in [2.05, 4.69) is 24.4 Å². The highest BCUT2D eigenvalue weighted by Gasteiger charge is 2.08. The number of ether oxygens (including phenoxy) is 2. The predicted molar refractivity (Wildman–Crippen MR) is 92.5 cm³/mol. The molecule has 0 fully saturated rings. The molecule has 0 unspecified atom stereocenters. The van der Waals surface area contributed by atoms with E-state index in [1.165, 1.54) is 11.6 Å². The van der Waals surface area contributed by atoms with E-state index in [0.29, 0.717) is 17.1 Å². The number of carbonyl (C=O) groups excluding carboxylic acids is 1. The molecular weight excluding hydrogens is 290 g/mol. The lowest BCUT2D eigenvalue weighted by molar-refractivity contribution is 0.104. The molecule has 2 rings (SSSR count). The molecule has 4 nitrogen and oxygen atoms in total. The summed E-state index contributed by atoms with van der Waals surface area (Å²) in [5, 5.41) is 3.11. The molecule has 0 atom stereocenters. The number of ketones is 1. The molecule has 0 spiro atoms. The lowest BCUT2D eigenvalue weighted by Gasteiger charge is -2.08. The second-order valence-electron chi connectivity index (χ2n) is 4.97. The number of methoxy groups -OCH3 is 2. The van der Waals surface area contributed by atoms with Crippen LogP contribution in [-0.2, 0) is 6.42 Å². The Balaban J connectivity index is 2.06. The monoisotopic (exact) mass is 311 g/mol. The Labute approximate surface area is 136 Å². The van der Waals surface area contributed by atoms with E-state index >= 15 is 0 Å². The summed E-state index contributed by atoms with van der Waals surface area (Å²) in [6, 6.07) is 13.2. The summed E-state index contributed by atoms with van der Waals surface area (Å²) in [7, 11) is 3.11. The molecule has 0 radical (unpaired) electrons. The van der Waals surface area contributed by atoms with Crippen molar-refractivity contribution in [3.05, 3.63) is 65.9 Å². The van der Waals surface area contributed by atoms with Crippen LogP contribution in [0.3, 0.4) is 0 Å². The van der Waals surface area contributed by atoms with Crippen LogP contribution in [0.2, 0.25) is 0 Å². The summed E-state index contributed by atoms with van der Waals surface area (Å²) in [6.07, 6.45) is 4.12. The molecule has 1 N–H and O–H groups in total. The smallest absolute Gasteiger partial charge is 0.187 e. The van der Waals surface area contributed by atoms with Crippen molar-refractivity contribution in [1.82, 2.24) is 0 Å². The van der Waals surface area contributed by atoms with Crippen molar-refractivity contribution < 1.29 is 14.3 Å². The zero-order valence-corrected chi connectivity index (χ0v) is 13.6.